The van der Waals surface area contributed by atoms with Gasteiger partial charge in [-0.05, 0) is 56.2 Å². The summed E-state index contributed by atoms with van der Waals surface area (Å²) in [6, 6.07) is 6.15. The second-order valence-corrected chi connectivity index (χ2v) is 7.98. The first-order valence-electron chi connectivity index (χ1n) is 10.4. The van der Waals surface area contributed by atoms with Gasteiger partial charge in [0, 0.05) is 32.1 Å². The predicted molar refractivity (Wildman–Crippen MR) is 111 cm³/mol. The molecule has 2 atom stereocenters. The van der Waals surface area contributed by atoms with E-state index >= 15 is 0 Å². The molecular weight excluding hydrogens is 354 g/mol. The molecule has 6 nitrogen and oxygen atoms in total. The van der Waals surface area contributed by atoms with Crippen molar-refractivity contribution in [2.75, 3.05) is 19.6 Å². The van der Waals surface area contributed by atoms with Crippen molar-refractivity contribution in [3.05, 3.63) is 29.3 Å². The van der Waals surface area contributed by atoms with Crippen LogP contribution in [0.2, 0.25) is 0 Å². The summed E-state index contributed by atoms with van der Waals surface area (Å²) >= 11 is 0. The SMILES string of the molecule is Cc1ccc(C(C)C)c(OC(C)C(=O)N2CCCCC2CNC(=O)CCN)c1. The smallest absolute Gasteiger partial charge is 0.263 e. The molecule has 1 aliphatic rings. The number of nitrogens with zero attached hydrogens (tertiary/aromatic N) is 1. The Hall–Kier alpha value is -2.08. The molecule has 0 bridgehead atoms. The molecule has 0 aliphatic carbocycles. The molecule has 0 spiro atoms. The van der Waals surface area contributed by atoms with Crippen LogP contribution < -0.4 is 15.8 Å². The van der Waals surface area contributed by atoms with Crippen LogP contribution in [0.25, 0.3) is 0 Å². The number of rotatable bonds is 8. The number of nitrogens with one attached hydrogen (secondary N) is 1. The van der Waals surface area contributed by atoms with E-state index in [2.05, 4.69) is 31.3 Å². The number of ether oxygens (including phenoxy) is 1. The Bertz CT molecular complexity index is 675. The van der Waals surface area contributed by atoms with Crippen molar-refractivity contribution in [3.8, 4) is 5.75 Å². The molecule has 1 saturated heterocycles. The van der Waals surface area contributed by atoms with Gasteiger partial charge in [0.15, 0.2) is 6.10 Å². The third-order valence-electron chi connectivity index (χ3n) is 5.26. The van der Waals surface area contributed by atoms with E-state index in [1.807, 2.05) is 24.8 Å². The van der Waals surface area contributed by atoms with Gasteiger partial charge < -0.3 is 20.7 Å². The second-order valence-electron chi connectivity index (χ2n) is 7.98. The number of piperidine rings is 1. The van der Waals surface area contributed by atoms with Crippen LogP contribution in [0.3, 0.4) is 0 Å². The monoisotopic (exact) mass is 389 g/mol. The fraction of sp³-hybridized carbons (Fsp3) is 0.636. The van der Waals surface area contributed by atoms with Crippen LogP contribution in [-0.4, -0.2) is 48.5 Å². The number of hydrogen-bond acceptors (Lipinski definition) is 4. The molecule has 28 heavy (non-hydrogen) atoms. The molecule has 3 N–H and O–H groups in total. The number of benzene rings is 1. The summed E-state index contributed by atoms with van der Waals surface area (Å²) in [6.45, 7) is 9.58. The first kappa shape index (κ1) is 22.2. The first-order chi connectivity index (χ1) is 13.3. The highest BCUT2D eigenvalue weighted by atomic mass is 16.5. The first-order valence-corrected chi connectivity index (χ1v) is 10.4. The summed E-state index contributed by atoms with van der Waals surface area (Å²) in [6.07, 6.45) is 2.67. The van der Waals surface area contributed by atoms with Crippen LogP contribution in [0, 0.1) is 6.92 Å². The highest BCUT2D eigenvalue weighted by molar-refractivity contribution is 5.81. The van der Waals surface area contributed by atoms with E-state index in [1.165, 1.54) is 0 Å². The molecule has 0 saturated carbocycles. The molecule has 1 fully saturated rings. The maximum atomic E-state index is 13.1. The summed E-state index contributed by atoms with van der Waals surface area (Å²) in [5, 5.41) is 2.90. The molecule has 2 rings (SSSR count). The van der Waals surface area contributed by atoms with Gasteiger partial charge in [0.05, 0.1) is 0 Å². The topological polar surface area (TPSA) is 84.7 Å². The molecule has 1 heterocycles. The van der Waals surface area contributed by atoms with E-state index in [9.17, 15) is 9.59 Å². The second kappa shape index (κ2) is 10.5. The van der Waals surface area contributed by atoms with Gasteiger partial charge in [0.2, 0.25) is 5.91 Å². The largest absolute Gasteiger partial charge is 0.481 e. The Morgan fingerprint density at radius 1 is 1.29 bits per heavy atom. The number of carbonyl (C=O) groups excluding carboxylic acids is 2. The minimum Gasteiger partial charge on any atom is -0.481 e. The van der Waals surface area contributed by atoms with E-state index in [0.29, 0.717) is 32.0 Å². The Morgan fingerprint density at radius 2 is 2.04 bits per heavy atom. The lowest BCUT2D eigenvalue weighted by atomic mass is 10.00. The third kappa shape index (κ3) is 5.96. The molecule has 1 aromatic rings. The van der Waals surface area contributed by atoms with E-state index in [0.717, 1.165) is 36.1 Å². The van der Waals surface area contributed by atoms with E-state index < -0.39 is 6.10 Å². The third-order valence-corrected chi connectivity index (χ3v) is 5.26. The van der Waals surface area contributed by atoms with Crippen molar-refractivity contribution in [2.45, 2.75) is 71.4 Å². The maximum absolute atomic E-state index is 13.1. The Labute approximate surface area is 168 Å². The lowest BCUT2D eigenvalue weighted by Crippen LogP contribution is -2.53. The number of aryl methyl sites for hydroxylation is 1. The quantitative estimate of drug-likeness (QED) is 0.716. The van der Waals surface area contributed by atoms with Crippen molar-refractivity contribution in [3.63, 3.8) is 0 Å². The molecule has 156 valence electrons. The van der Waals surface area contributed by atoms with E-state index in [4.69, 9.17) is 10.5 Å². The normalized spacial score (nSPS) is 18.1. The van der Waals surface area contributed by atoms with Crippen LogP contribution in [0.15, 0.2) is 18.2 Å². The van der Waals surface area contributed by atoms with Crippen molar-refractivity contribution in [2.24, 2.45) is 5.73 Å². The Kier molecular flexibility index (Phi) is 8.30. The van der Waals surface area contributed by atoms with E-state index in [1.54, 1.807) is 0 Å². The van der Waals surface area contributed by atoms with Crippen LogP contribution in [0.4, 0.5) is 0 Å². The Morgan fingerprint density at radius 3 is 2.71 bits per heavy atom. The summed E-state index contributed by atoms with van der Waals surface area (Å²) < 4.78 is 6.12. The molecular formula is C22H35N3O3. The zero-order valence-corrected chi connectivity index (χ0v) is 17.7. The predicted octanol–water partition coefficient (Wildman–Crippen LogP) is 2.73. The van der Waals surface area contributed by atoms with Gasteiger partial charge >= 0.3 is 0 Å². The van der Waals surface area contributed by atoms with Gasteiger partial charge in [-0.3, -0.25) is 9.59 Å². The number of amides is 2. The average Bonchev–Trinajstić information content (AvgIpc) is 2.66. The number of carbonyl (C=O) groups is 2. The van der Waals surface area contributed by atoms with Crippen molar-refractivity contribution in [1.82, 2.24) is 10.2 Å². The molecule has 0 radical (unpaired) electrons. The van der Waals surface area contributed by atoms with E-state index in [-0.39, 0.29) is 17.9 Å². The fourth-order valence-corrected chi connectivity index (χ4v) is 3.65. The van der Waals surface area contributed by atoms with Crippen LogP contribution >= 0.6 is 0 Å². The zero-order chi connectivity index (χ0) is 20.7. The molecule has 0 aromatic heterocycles. The highest BCUT2D eigenvalue weighted by Crippen LogP contribution is 2.29. The minimum absolute atomic E-state index is 0.0103. The minimum atomic E-state index is -0.570. The standard InChI is InChI=1S/C22H35N3O3/c1-15(2)19-9-8-16(3)13-20(19)28-17(4)22(27)25-12-6-5-7-18(25)14-24-21(26)10-11-23/h8-9,13,15,17-18H,5-7,10-12,14,23H2,1-4H3,(H,24,26). The summed E-state index contributed by atoms with van der Waals surface area (Å²) in [5.74, 6) is 1.01. The summed E-state index contributed by atoms with van der Waals surface area (Å²) in [5.41, 5.74) is 7.64. The van der Waals surface area contributed by atoms with Crippen LogP contribution in [0.5, 0.6) is 5.75 Å². The Balaban J connectivity index is 2.06. The number of hydrogen-bond donors (Lipinski definition) is 2. The fourth-order valence-electron chi connectivity index (χ4n) is 3.65. The molecule has 1 aliphatic heterocycles. The molecule has 2 unspecified atom stereocenters. The maximum Gasteiger partial charge on any atom is 0.263 e. The molecule has 2 amide bonds. The lowest BCUT2D eigenvalue weighted by Gasteiger charge is -2.37. The van der Waals surface area contributed by atoms with Gasteiger partial charge in [0.1, 0.15) is 5.75 Å². The van der Waals surface area contributed by atoms with Crippen LogP contribution in [-0.2, 0) is 9.59 Å². The summed E-state index contributed by atoms with van der Waals surface area (Å²) in [4.78, 5) is 26.7. The highest BCUT2D eigenvalue weighted by Gasteiger charge is 2.31. The van der Waals surface area contributed by atoms with Gasteiger partial charge in [-0.15, -0.1) is 0 Å². The van der Waals surface area contributed by atoms with Crippen molar-refractivity contribution >= 4 is 11.8 Å². The zero-order valence-electron chi connectivity index (χ0n) is 17.7. The van der Waals surface area contributed by atoms with Crippen molar-refractivity contribution < 1.29 is 14.3 Å². The number of nitrogens with two attached hydrogens (primary N) is 1. The van der Waals surface area contributed by atoms with Gasteiger partial charge in [-0.1, -0.05) is 26.0 Å². The van der Waals surface area contributed by atoms with Gasteiger partial charge in [0.25, 0.3) is 5.91 Å². The summed E-state index contributed by atoms with van der Waals surface area (Å²) in [7, 11) is 0. The lowest BCUT2D eigenvalue weighted by molar-refractivity contribution is -0.142. The van der Waals surface area contributed by atoms with Crippen LogP contribution in [0.1, 0.15) is 63.5 Å². The van der Waals surface area contributed by atoms with Gasteiger partial charge in [-0.2, -0.15) is 0 Å². The molecule has 6 heteroatoms. The number of likely N-dealkylation sites (tertiary alicyclic amines) is 1. The van der Waals surface area contributed by atoms with Gasteiger partial charge in [-0.25, -0.2) is 0 Å². The molecule has 1 aromatic carbocycles. The van der Waals surface area contributed by atoms with Crippen molar-refractivity contribution in [1.29, 1.82) is 0 Å². The average molecular weight is 390 g/mol.